The lowest BCUT2D eigenvalue weighted by molar-refractivity contribution is -0.00220. The summed E-state index contributed by atoms with van der Waals surface area (Å²) >= 11 is 5.69. The second-order valence-corrected chi connectivity index (χ2v) is 11.2. The van der Waals surface area contributed by atoms with Crippen LogP contribution in [0.4, 0.5) is 5.69 Å². The van der Waals surface area contributed by atoms with Crippen molar-refractivity contribution < 1.29 is 4.74 Å². The van der Waals surface area contributed by atoms with Gasteiger partial charge in [-0.25, -0.2) is 0 Å². The van der Waals surface area contributed by atoms with Crippen molar-refractivity contribution in [2.24, 2.45) is 0 Å². The number of benzene rings is 5. The second-order valence-electron chi connectivity index (χ2n) is 10.4. The topological polar surface area (TPSA) is 25.4 Å². The first-order chi connectivity index (χ1) is 19.7. The molecule has 1 aliphatic heterocycles. The molecule has 0 saturated carbocycles. The van der Waals surface area contributed by atoms with Crippen LogP contribution in [-0.4, -0.2) is 11.5 Å². The molecule has 40 heavy (non-hydrogen) atoms. The van der Waals surface area contributed by atoms with Crippen LogP contribution in [-0.2, 0) is 10.5 Å². The molecule has 6 aromatic rings. The number of thiol groups is 1. The lowest BCUT2D eigenvalue weighted by atomic mass is 9.75. The highest BCUT2D eigenvalue weighted by atomic mass is 32.1. The van der Waals surface area contributed by atoms with Gasteiger partial charge in [0.1, 0.15) is 10.5 Å². The highest BCUT2D eigenvalue weighted by Crippen LogP contribution is 2.57. The quantitative estimate of drug-likeness (QED) is 0.222. The first-order valence-corrected chi connectivity index (χ1v) is 14.3. The van der Waals surface area contributed by atoms with Crippen LogP contribution in [0.15, 0.2) is 140 Å². The molecule has 1 aliphatic rings. The van der Waals surface area contributed by atoms with Crippen molar-refractivity contribution in [2.45, 2.75) is 23.3 Å². The Morgan fingerprint density at radius 1 is 0.650 bits per heavy atom. The summed E-state index contributed by atoms with van der Waals surface area (Å²) in [6.07, 6.45) is 1.73. The Morgan fingerprint density at radius 3 is 2.15 bits per heavy atom. The van der Waals surface area contributed by atoms with Gasteiger partial charge < -0.3 is 9.64 Å². The minimum Gasteiger partial charge on any atom is -0.462 e. The molecule has 0 spiro atoms. The molecule has 1 fully saturated rings. The fourth-order valence-electron chi connectivity index (χ4n) is 6.30. The zero-order valence-corrected chi connectivity index (χ0v) is 23.0. The Morgan fingerprint density at radius 2 is 1.32 bits per heavy atom. The molecule has 196 valence electrons. The lowest BCUT2D eigenvalue weighted by Crippen LogP contribution is -2.65. The number of fused-ring (bicyclic) bond motifs is 2. The van der Waals surface area contributed by atoms with E-state index >= 15 is 0 Å². The maximum Gasteiger partial charge on any atom is 0.230 e. The Hall–Kier alpha value is -4.28. The molecule has 7 rings (SSSR count). The lowest BCUT2D eigenvalue weighted by Gasteiger charge is -2.57. The molecule has 4 heteroatoms. The van der Waals surface area contributed by atoms with Crippen LogP contribution in [0.25, 0.3) is 21.7 Å². The summed E-state index contributed by atoms with van der Waals surface area (Å²) < 4.78 is 6.60. The van der Waals surface area contributed by atoms with Gasteiger partial charge in [-0.15, -0.1) is 0 Å². The Labute approximate surface area is 240 Å². The second kappa shape index (κ2) is 10.0. The van der Waals surface area contributed by atoms with Gasteiger partial charge >= 0.3 is 0 Å². The van der Waals surface area contributed by atoms with Gasteiger partial charge in [0.05, 0.1) is 11.2 Å². The molecule has 2 heterocycles. The number of hydrogen-bond acceptors (Lipinski definition) is 4. The summed E-state index contributed by atoms with van der Waals surface area (Å²) in [6.45, 7) is 0.815. The van der Waals surface area contributed by atoms with Crippen molar-refractivity contribution in [1.82, 2.24) is 4.98 Å². The molecule has 5 aromatic carbocycles. The van der Waals surface area contributed by atoms with Gasteiger partial charge in [-0.1, -0.05) is 103 Å². The van der Waals surface area contributed by atoms with E-state index in [9.17, 15) is 0 Å². The molecule has 2 atom stereocenters. The minimum atomic E-state index is -1.02. The Kier molecular flexibility index (Phi) is 6.21. The maximum atomic E-state index is 7.40. The number of ether oxygens (including phenoxy) is 1. The number of aromatic nitrogens is 1. The van der Waals surface area contributed by atoms with Crippen molar-refractivity contribution in [3.8, 4) is 5.75 Å². The van der Waals surface area contributed by atoms with Crippen molar-refractivity contribution in [1.29, 1.82) is 0 Å². The molecular weight excluding hydrogens is 508 g/mol. The molecule has 1 saturated heterocycles. The SMILES string of the molecule is SC1(c2ccc3ccccc3n2)CCCN(c2ccccc2)C1(Oc1ccccc1)c1cccc2ccccc12. The summed E-state index contributed by atoms with van der Waals surface area (Å²) in [4.78, 5) is 7.67. The van der Waals surface area contributed by atoms with Crippen molar-refractivity contribution in [2.75, 3.05) is 11.4 Å². The van der Waals surface area contributed by atoms with Crippen LogP contribution in [0.3, 0.4) is 0 Å². The average molecular weight is 539 g/mol. The van der Waals surface area contributed by atoms with E-state index in [-0.39, 0.29) is 0 Å². The zero-order chi connectivity index (χ0) is 27.0. The summed E-state index contributed by atoms with van der Waals surface area (Å²) in [5.41, 5.74) is 3.00. The number of piperidine rings is 1. The minimum absolute atomic E-state index is 0.789. The van der Waals surface area contributed by atoms with Gasteiger partial charge in [0.25, 0.3) is 0 Å². The van der Waals surface area contributed by atoms with E-state index < -0.39 is 10.5 Å². The van der Waals surface area contributed by atoms with Crippen LogP contribution < -0.4 is 9.64 Å². The van der Waals surface area contributed by atoms with Gasteiger partial charge in [-0.05, 0) is 60.0 Å². The maximum absolute atomic E-state index is 7.40. The van der Waals surface area contributed by atoms with Crippen molar-refractivity contribution >= 4 is 40.0 Å². The summed E-state index contributed by atoms with van der Waals surface area (Å²) in [6, 6.07) is 48.3. The van der Waals surface area contributed by atoms with E-state index in [2.05, 4.69) is 108 Å². The predicted octanol–water partition coefficient (Wildman–Crippen LogP) is 8.75. The number of rotatable bonds is 5. The van der Waals surface area contributed by atoms with Crippen LogP contribution in [0.5, 0.6) is 5.75 Å². The number of hydrogen-bond donors (Lipinski definition) is 1. The number of para-hydroxylation sites is 3. The van der Waals surface area contributed by atoms with Crippen LogP contribution >= 0.6 is 12.6 Å². The van der Waals surface area contributed by atoms with Crippen molar-refractivity contribution in [3.05, 3.63) is 151 Å². The van der Waals surface area contributed by atoms with Gasteiger partial charge in [-0.3, -0.25) is 4.98 Å². The van der Waals surface area contributed by atoms with Crippen molar-refractivity contribution in [3.63, 3.8) is 0 Å². The first-order valence-electron chi connectivity index (χ1n) is 13.8. The predicted molar refractivity (Wildman–Crippen MR) is 168 cm³/mol. The van der Waals surface area contributed by atoms with E-state index in [4.69, 9.17) is 22.3 Å². The van der Waals surface area contributed by atoms with Crippen LogP contribution in [0, 0.1) is 0 Å². The molecular formula is C36H30N2OS. The molecule has 0 radical (unpaired) electrons. The van der Waals surface area contributed by atoms with Gasteiger partial charge in [0.2, 0.25) is 5.72 Å². The molecule has 0 amide bonds. The molecule has 0 N–H and O–H groups in total. The third-order valence-electron chi connectivity index (χ3n) is 8.11. The van der Waals surface area contributed by atoms with Gasteiger partial charge in [0.15, 0.2) is 0 Å². The zero-order valence-electron chi connectivity index (χ0n) is 22.2. The molecule has 3 nitrogen and oxygen atoms in total. The van der Waals surface area contributed by atoms with Crippen LogP contribution in [0.2, 0.25) is 0 Å². The smallest absolute Gasteiger partial charge is 0.230 e. The first kappa shape index (κ1) is 24.7. The monoisotopic (exact) mass is 538 g/mol. The standard InChI is InChI=1S/C36H30N2OS/c40-35(34-24-23-28-14-8-10-22-33(28)37-34)25-12-26-38(29-16-3-1-4-17-29)36(35,39-30-18-5-2-6-19-30)32-21-11-15-27-13-7-9-20-31(27)32/h1-11,13-24,40H,12,25-26H2. The van der Waals surface area contributed by atoms with E-state index in [1.165, 1.54) is 0 Å². The molecule has 2 unspecified atom stereocenters. The van der Waals surface area contributed by atoms with E-state index in [0.29, 0.717) is 0 Å². The molecule has 0 aliphatic carbocycles. The fraction of sp³-hybridized carbons (Fsp3) is 0.139. The number of pyridine rings is 1. The van der Waals surface area contributed by atoms with E-state index in [1.54, 1.807) is 0 Å². The summed E-state index contributed by atoms with van der Waals surface area (Å²) in [5, 5.41) is 3.42. The van der Waals surface area contributed by atoms with Gasteiger partial charge in [-0.2, -0.15) is 12.6 Å². The highest BCUT2D eigenvalue weighted by molar-refractivity contribution is 7.81. The number of anilines is 1. The highest BCUT2D eigenvalue weighted by Gasteiger charge is 2.61. The summed E-state index contributed by atoms with van der Waals surface area (Å²) in [7, 11) is 0. The van der Waals surface area contributed by atoms with E-state index in [1.807, 2.05) is 36.4 Å². The summed E-state index contributed by atoms with van der Waals surface area (Å²) in [5.74, 6) is 0.789. The average Bonchev–Trinajstić information content (AvgIpc) is 3.02. The molecule has 1 aromatic heterocycles. The van der Waals surface area contributed by atoms with Gasteiger partial charge in [0, 0.05) is 23.2 Å². The Bertz CT molecular complexity index is 1790. The largest absolute Gasteiger partial charge is 0.462 e. The number of nitrogens with zero attached hydrogens (tertiary/aromatic N) is 2. The van der Waals surface area contributed by atoms with E-state index in [0.717, 1.165) is 63.8 Å². The Balaban J connectivity index is 1.59. The third-order valence-corrected chi connectivity index (χ3v) is 8.87. The third kappa shape index (κ3) is 3.94. The van der Waals surface area contributed by atoms with Crippen LogP contribution in [0.1, 0.15) is 24.1 Å². The molecule has 0 bridgehead atoms. The normalized spacial score (nSPS) is 21.0. The fourth-order valence-corrected chi connectivity index (χ4v) is 6.87.